The van der Waals surface area contributed by atoms with Gasteiger partial charge in [-0.2, -0.15) is 0 Å². The number of nitrogens with zero attached hydrogens (tertiary/aromatic N) is 1. The van der Waals surface area contributed by atoms with Crippen LogP contribution in [0.5, 0.6) is 0 Å². The van der Waals surface area contributed by atoms with Gasteiger partial charge in [0.2, 0.25) is 0 Å². The highest BCUT2D eigenvalue weighted by Gasteiger charge is 2.09. The van der Waals surface area contributed by atoms with Gasteiger partial charge in [0.05, 0.1) is 0 Å². The van der Waals surface area contributed by atoms with E-state index in [0.29, 0.717) is 16.4 Å². The van der Waals surface area contributed by atoms with Crippen LogP contribution in [0, 0.1) is 12.7 Å². The molecule has 0 spiro atoms. The van der Waals surface area contributed by atoms with E-state index in [1.54, 1.807) is 13.0 Å². The van der Waals surface area contributed by atoms with Crippen molar-refractivity contribution >= 4 is 23.0 Å². The maximum Gasteiger partial charge on any atom is 0.173 e. The summed E-state index contributed by atoms with van der Waals surface area (Å²) < 4.78 is 13.6. The maximum atomic E-state index is 13.6. The number of nitrogens with one attached hydrogen (secondary N) is 1. The second-order valence-electron chi connectivity index (χ2n) is 4.89. The van der Waals surface area contributed by atoms with Crippen LogP contribution in [-0.2, 0) is 6.54 Å². The summed E-state index contributed by atoms with van der Waals surface area (Å²) in [6.45, 7) is 5.31. The van der Waals surface area contributed by atoms with E-state index in [2.05, 4.69) is 17.4 Å². The molecule has 0 aliphatic heterocycles. The number of aryl methyl sites for hydroxylation is 1. The first kappa shape index (κ1) is 15.4. The standard InChI is InChI=1S/C17H19FN2S/c1-3-20(12-14-7-5-4-6-8-14)17(21)19-15-10-9-13(2)16(18)11-15/h4-11H,3,12H2,1-2H3,(H,19,21). The summed E-state index contributed by atoms with van der Waals surface area (Å²) in [5.41, 5.74) is 2.50. The Morgan fingerprint density at radius 1 is 1.19 bits per heavy atom. The Balaban J connectivity index is 2.04. The van der Waals surface area contributed by atoms with Gasteiger partial charge in [0.1, 0.15) is 5.82 Å². The molecule has 110 valence electrons. The number of rotatable bonds is 4. The van der Waals surface area contributed by atoms with Gasteiger partial charge in [0, 0.05) is 18.8 Å². The normalized spacial score (nSPS) is 10.2. The monoisotopic (exact) mass is 302 g/mol. The molecule has 0 unspecified atom stereocenters. The third-order valence-electron chi connectivity index (χ3n) is 3.31. The van der Waals surface area contributed by atoms with Crippen molar-refractivity contribution in [1.29, 1.82) is 0 Å². The first-order chi connectivity index (χ1) is 10.1. The van der Waals surface area contributed by atoms with Gasteiger partial charge in [-0.1, -0.05) is 36.4 Å². The molecule has 0 saturated carbocycles. The van der Waals surface area contributed by atoms with E-state index in [-0.39, 0.29) is 5.82 Å². The van der Waals surface area contributed by atoms with Crippen LogP contribution in [0.2, 0.25) is 0 Å². The van der Waals surface area contributed by atoms with E-state index in [1.165, 1.54) is 11.6 Å². The molecule has 0 atom stereocenters. The van der Waals surface area contributed by atoms with Crippen LogP contribution >= 0.6 is 12.2 Å². The lowest BCUT2D eigenvalue weighted by atomic mass is 10.2. The smallest absolute Gasteiger partial charge is 0.173 e. The second kappa shape index (κ2) is 7.18. The van der Waals surface area contributed by atoms with Gasteiger partial charge in [-0.15, -0.1) is 0 Å². The quantitative estimate of drug-likeness (QED) is 0.845. The van der Waals surface area contributed by atoms with Crippen molar-refractivity contribution in [3.05, 3.63) is 65.5 Å². The minimum absolute atomic E-state index is 0.228. The summed E-state index contributed by atoms with van der Waals surface area (Å²) in [5, 5.41) is 3.70. The first-order valence-electron chi connectivity index (χ1n) is 6.96. The summed E-state index contributed by atoms with van der Waals surface area (Å²) in [5.74, 6) is -0.228. The fraction of sp³-hybridized carbons (Fsp3) is 0.235. The van der Waals surface area contributed by atoms with Crippen molar-refractivity contribution in [3.63, 3.8) is 0 Å². The molecule has 0 radical (unpaired) electrons. The first-order valence-corrected chi connectivity index (χ1v) is 7.37. The van der Waals surface area contributed by atoms with E-state index < -0.39 is 0 Å². The average Bonchev–Trinajstić information content (AvgIpc) is 2.49. The van der Waals surface area contributed by atoms with Crippen LogP contribution in [0.4, 0.5) is 10.1 Å². The molecular formula is C17H19FN2S. The zero-order chi connectivity index (χ0) is 15.2. The molecule has 0 aliphatic carbocycles. The Morgan fingerprint density at radius 2 is 1.90 bits per heavy atom. The summed E-state index contributed by atoms with van der Waals surface area (Å²) in [6.07, 6.45) is 0. The fourth-order valence-corrected chi connectivity index (χ4v) is 2.32. The van der Waals surface area contributed by atoms with E-state index >= 15 is 0 Å². The van der Waals surface area contributed by atoms with Crippen molar-refractivity contribution in [2.75, 3.05) is 11.9 Å². The molecule has 4 heteroatoms. The fourth-order valence-electron chi connectivity index (χ4n) is 2.00. The molecule has 0 heterocycles. The van der Waals surface area contributed by atoms with Crippen LogP contribution in [0.3, 0.4) is 0 Å². The van der Waals surface area contributed by atoms with Crippen LogP contribution in [0.15, 0.2) is 48.5 Å². The lowest BCUT2D eigenvalue weighted by Crippen LogP contribution is -2.34. The molecule has 2 aromatic carbocycles. The maximum absolute atomic E-state index is 13.6. The summed E-state index contributed by atoms with van der Waals surface area (Å²) in [7, 11) is 0. The van der Waals surface area contributed by atoms with Crippen molar-refractivity contribution in [1.82, 2.24) is 4.90 Å². The van der Waals surface area contributed by atoms with E-state index in [1.807, 2.05) is 36.1 Å². The number of anilines is 1. The minimum atomic E-state index is -0.228. The molecule has 0 amide bonds. The van der Waals surface area contributed by atoms with Crippen molar-refractivity contribution in [3.8, 4) is 0 Å². The van der Waals surface area contributed by atoms with E-state index in [0.717, 1.165) is 13.1 Å². The van der Waals surface area contributed by atoms with Gasteiger partial charge in [-0.05, 0) is 49.3 Å². The van der Waals surface area contributed by atoms with Crippen molar-refractivity contribution < 1.29 is 4.39 Å². The molecule has 1 N–H and O–H groups in total. The topological polar surface area (TPSA) is 15.3 Å². The second-order valence-corrected chi connectivity index (χ2v) is 5.28. The summed E-state index contributed by atoms with van der Waals surface area (Å²) in [6, 6.07) is 15.2. The molecular weight excluding hydrogens is 283 g/mol. The molecule has 0 saturated heterocycles. The van der Waals surface area contributed by atoms with Crippen molar-refractivity contribution in [2.45, 2.75) is 20.4 Å². The Labute approximate surface area is 130 Å². The molecule has 21 heavy (non-hydrogen) atoms. The predicted molar refractivity (Wildman–Crippen MR) is 89.9 cm³/mol. The third-order valence-corrected chi connectivity index (χ3v) is 3.67. The Bertz CT molecular complexity index is 613. The third kappa shape index (κ3) is 4.26. The molecule has 0 bridgehead atoms. The predicted octanol–water partition coefficient (Wildman–Crippen LogP) is 4.35. The lowest BCUT2D eigenvalue weighted by Gasteiger charge is -2.24. The molecule has 2 rings (SSSR count). The SMILES string of the molecule is CCN(Cc1ccccc1)C(=S)Nc1ccc(C)c(F)c1. The van der Waals surface area contributed by atoms with Gasteiger partial charge >= 0.3 is 0 Å². The number of thiocarbonyl (C=S) groups is 1. The molecule has 2 aromatic rings. The van der Waals surface area contributed by atoms with Crippen LogP contribution in [0.25, 0.3) is 0 Å². The average molecular weight is 302 g/mol. The van der Waals surface area contributed by atoms with Crippen LogP contribution in [-0.4, -0.2) is 16.6 Å². The van der Waals surface area contributed by atoms with Gasteiger partial charge in [0.25, 0.3) is 0 Å². The molecule has 0 fully saturated rings. The molecule has 0 aliphatic rings. The number of hydrogen-bond acceptors (Lipinski definition) is 1. The van der Waals surface area contributed by atoms with Crippen LogP contribution < -0.4 is 5.32 Å². The summed E-state index contributed by atoms with van der Waals surface area (Å²) in [4.78, 5) is 2.04. The minimum Gasteiger partial charge on any atom is -0.345 e. The number of halogens is 1. The van der Waals surface area contributed by atoms with Crippen molar-refractivity contribution in [2.24, 2.45) is 0 Å². The van der Waals surface area contributed by atoms with Gasteiger partial charge in [-0.25, -0.2) is 4.39 Å². The van der Waals surface area contributed by atoms with Gasteiger partial charge in [0.15, 0.2) is 5.11 Å². The van der Waals surface area contributed by atoms with E-state index in [9.17, 15) is 4.39 Å². The number of benzene rings is 2. The van der Waals surface area contributed by atoms with Crippen LogP contribution in [0.1, 0.15) is 18.1 Å². The highest BCUT2D eigenvalue weighted by atomic mass is 32.1. The summed E-state index contributed by atoms with van der Waals surface area (Å²) >= 11 is 5.42. The molecule has 0 aromatic heterocycles. The van der Waals surface area contributed by atoms with Gasteiger partial charge < -0.3 is 10.2 Å². The zero-order valence-corrected chi connectivity index (χ0v) is 13.1. The Hall–Kier alpha value is -1.94. The number of hydrogen-bond donors (Lipinski definition) is 1. The molecule has 2 nitrogen and oxygen atoms in total. The highest BCUT2D eigenvalue weighted by molar-refractivity contribution is 7.80. The van der Waals surface area contributed by atoms with E-state index in [4.69, 9.17) is 12.2 Å². The Kier molecular flexibility index (Phi) is 5.28. The highest BCUT2D eigenvalue weighted by Crippen LogP contribution is 2.15. The zero-order valence-electron chi connectivity index (χ0n) is 12.3. The largest absolute Gasteiger partial charge is 0.345 e. The van der Waals surface area contributed by atoms with Gasteiger partial charge in [-0.3, -0.25) is 0 Å². The Morgan fingerprint density at radius 3 is 2.52 bits per heavy atom. The lowest BCUT2D eigenvalue weighted by molar-refractivity contribution is 0.442.